The van der Waals surface area contributed by atoms with Gasteiger partial charge in [-0.15, -0.1) is 0 Å². The second-order valence-electron chi connectivity index (χ2n) is 10.7. The third-order valence-corrected chi connectivity index (χ3v) is 8.39. The SMILES string of the molecule is CC/C(=C(\c1ccc(Cl)cc1)c1ccc(OCCN2CCN(CCN3CCNCC3)CC2)cc1)c1ccccc1. The molecule has 0 spiro atoms. The average molecular weight is 559 g/mol. The molecule has 212 valence electrons. The number of hydrogen-bond acceptors (Lipinski definition) is 5. The van der Waals surface area contributed by atoms with Crippen molar-refractivity contribution in [2.45, 2.75) is 13.3 Å². The molecule has 3 aromatic carbocycles. The highest BCUT2D eigenvalue weighted by molar-refractivity contribution is 6.30. The minimum atomic E-state index is 0.713. The number of benzene rings is 3. The molecule has 0 atom stereocenters. The van der Waals surface area contributed by atoms with Crippen LogP contribution >= 0.6 is 11.6 Å². The van der Waals surface area contributed by atoms with Crippen LogP contribution in [0.15, 0.2) is 78.9 Å². The minimum Gasteiger partial charge on any atom is -0.492 e. The van der Waals surface area contributed by atoms with Gasteiger partial charge in [0, 0.05) is 77.0 Å². The summed E-state index contributed by atoms with van der Waals surface area (Å²) in [7, 11) is 0. The van der Waals surface area contributed by atoms with Crippen molar-refractivity contribution in [3.05, 3.63) is 101 Å². The van der Waals surface area contributed by atoms with Gasteiger partial charge in [-0.2, -0.15) is 0 Å². The van der Waals surface area contributed by atoms with E-state index in [9.17, 15) is 0 Å². The number of allylic oxidation sites excluding steroid dienone is 1. The third kappa shape index (κ3) is 7.96. The first-order valence-corrected chi connectivity index (χ1v) is 15.2. The van der Waals surface area contributed by atoms with Gasteiger partial charge in [0.05, 0.1) is 0 Å². The van der Waals surface area contributed by atoms with Gasteiger partial charge >= 0.3 is 0 Å². The predicted octanol–water partition coefficient (Wildman–Crippen LogP) is 5.61. The molecule has 2 saturated heterocycles. The smallest absolute Gasteiger partial charge is 0.119 e. The minimum absolute atomic E-state index is 0.713. The molecule has 1 N–H and O–H groups in total. The van der Waals surface area contributed by atoms with E-state index in [1.165, 1.54) is 54.0 Å². The lowest BCUT2D eigenvalue weighted by Gasteiger charge is -2.36. The van der Waals surface area contributed by atoms with Crippen LogP contribution < -0.4 is 10.1 Å². The third-order valence-electron chi connectivity index (χ3n) is 8.14. The number of ether oxygens (including phenoxy) is 1. The van der Waals surface area contributed by atoms with Crippen molar-refractivity contribution in [1.82, 2.24) is 20.0 Å². The van der Waals surface area contributed by atoms with Crippen LogP contribution in [-0.2, 0) is 0 Å². The summed E-state index contributed by atoms with van der Waals surface area (Å²) in [4.78, 5) is 7.73. The van der Waals surface area contributed by atoms with Crippen LogP contribution in [0.25, 0.3) is 11.1 Å². The molecule has 0 unspecified atom stereocenters. The molecule has 5 nitrogen and oxygen atoms in total. The molecule has 0 aliphatic carbocycles. The Morgan fingerprint density at radius 1 is 0.675 bits per heavy atom. The topological polar surface area (TPSA) is 31.0 Å². The van der Waals surface area contributed by atoms with E-state index in [0.717, 1.165) is 63.0 Å². The predicted molar refractivity (Wildman–Crippen MR) is 168 cm³/mol. The quantitative estimate of drug-likeness (QED) is 0.309. The molecular weight excluding hydrogens is 516 g/mol. The zero-order valence-corrected chi connectivity index (χ0v) is 24.6. The van der Waals surface area contributed by atoms with Crippen molar-refractivity contribution >= 4 is 22.7 Å². The van der Waals surface area contributed by atoms with E-state index in [2.05, 4.69) is 93.7 Å². The highest BCUT2D eigenvalue weighted by Gasteiger charge is 2.18. The van der Waals surface area contributed by atoms with Crippen LogP contribution in [0.4, 0.5) is 0 Å². The summed E-state index contributed by atoms with van der Waals surface area (Å²) >= 11 is 6.23. The lowest BCUT2D eigenvalue weighted by Crippen LogP contribution is -2.51. The van der Waals surface area contributed by atoms with Gasteiger partial charge in [0.15, 0.2) is 0 Å². The number of hydrogen-bond donors (Lipinski definition) is 1. The first kappa shape index (κ1) is 28.8. The van der Waals surface area contributed by atoms with E-state index in [1.807, 2.05) is 12.1 Å². The highest BCUT2D eigenvalue weighted by Crippen LogP contribution is 2.35. The molecule has 2 heterocycles. The van der Waals surface area contributed by atoms with E-state index < -0.39 is 0 Å². The highest BCUT2D eigenvalue weighted by atomic mass is 35.5. The van der Waals surface area contributed by atoms with Crippen LogP contribution in [0, 0.1) is 0 Å². The van der Waals surface area contributed by atoms with Crippen molar-refractivity contribution in [1.29, 1.82) is 0 Å². The maximum atomic E-state index is 6.23. The van der Waals surface area contributed by atoms with Gasteiger partial charge in [-0.3, -0.25) is 14.7 Å². The van der Waals surface area contributed by atoms with Gasteiger partial charge in [0.25, 0.3) is 0 Å². The average Bonchev–Trinajstić information content (AvgIpc) is 3.01. The fourth-order valence-corrected chi connectivity index (χ4v) is 5.89. The zero-order valence-electron chi connectivity index (χ0n) is 23.8. The lowest BCUT2D eigenvalue weighted by atomic mass is 9.88. The van der Waals surface area contributed by atoms with Crippen molar-refractivity contribution in [2.75, 3.05) is 78.6 Å². The maximum absolute atomic E-state index is 6.23. The summed E-state index contributed by atoms with van der Waals surface area (Å²) in [5.74, 6) is 0.923. The summed E-state index contributed by atoms with van der Waals surface area (Å²) in [6, 6.07) is 27.4. The largest absolute Gasteiger partial charge is 0.492 e. The van der Waals surface area contributed by atoms with Crippen LogP contribution in [-0.4, -0.2) is 93.3 Å². The molecule has 6 heteroatoms. The van der Waals surface area contributed by atoms with Gasteiger partial charge in [-0.05, 0) is 58.5 Å². The molecule has 0 radical (unpaired) electrons. The van der Waals surface area contributed by atoms with Crippen molar-refractivity contribution in [3.8, 4) is 5.75 Å². The first-order valence-electron chi connectivity index (χ1n) is 14.8. The Balaban J connectivity index is 1.16. The number of piperazine rings is 2. The normalized spacial score (nSPS) is 17.9. The Morgan fingerprint density at radius 2 is 1.23 bits per heavy atom. The molecule has 2 aliphatic heterocycles. The molecule has 0 aromatic heterocycles. The number of nitrogens with zero attached hydrogens (tertiary/aromatic N) is 3. The van der Waals surface area contributed by atoms with E-state index >= 15 is 0 Å². The maximum Gasteiger partial charge on any atom is 0.119 e. The number of halogens is 1. The summed E-state index contributed by atoms with van der Waals surface area (Å²) in [5.41, 5.74) is 6.17. The molecule has 5 rings (SSSR count). The second kappa shape index (κ2) is 14.8. The van der Waals surface area contributed by atoms with Gasteiger partial charge < -0.3 is 10.1 Å². The standard InChI is InChI=1S/C34H43ClN4O/c1-2-33(28-6-4-3-5-7-28)34(29-8-12-31(35)13-9-29)30-10-14-32(15-11-30)40-27-26-39-24-22-38(23-25-39)21-20-37-18-16-36-17-19-37/h3-15,36H,2,16-27H2,1H3/b34-33-. The zero-order chi connectivity index (χ0) is 27.6. The first-order chi connectivity index (χ1) is 19.7. The van der Waals surface area contributed by atoms with Crippen molar-refractivity contribution in [2.24, 2.45) is 0 Å². The van der Waals surface area contributed by atoms with Crippen LogP contribution in [0.1, 0.15) is 30.0 Å². The van der Waals surface area contributed by atoms with E-state index in [4.69, 9.17) is 16.3 Å². The molecule has 0 amide bonds. The van der Waals surface area contributed by atoms with Gasteiger partial charge in [-0.1, -0.05) is 73.1 Å². The van der Waals surface area contributed by atoms with Crippen molar-refractivity contribution < 1.29 is 4.74 Å². The Hall–Kier alpha value is -2.67. The van der Waals surface area contributed by atoms with E-state index in [1.54, 1.807) is 0 Å². The Morgan fingerprint density at radius 3 is 1.82 bits per heavy atom. The molecule has 3 aromatic rings. The van der Waals surface area contributed by atoms with Crippen LogP contribution in [0.5, 0.6) is 5.75 Å². The van der Waals surface area contributed by atoms with Gasteiger partial charge in [0.2, 0.25) is 0 Å². The number of rotatable bonds is 11. The number of nitrogens with one attached hydrogen (secondary N) is 1. The summed E-state index contributed by atoms with van der Waals surface area (Å²) in [6.07, 6.45) is 0.934. The Kier molecular flexibility index (Phi) is 10.7. The summed E-state index contributed by atoms with van der Waals surface area (Å²) in [6.45, 7) is 15.5. The molecular formula is C34H43ClN4O. The van der Waals surface area contributed by atoms with Gasteiger partial charge in [0.1, 0.15) is 12.4 Å². The molecule has 0 bridgehead atoms. The van der Waals surface area contributed by atoms with E-state index in [-0.39, 0.29) is 0 Å². The van der Waals surface area contributed by atoms with Crippen LogP contribution in [0.2, 0.25) is 5.02 Å². The van der Waals surface area contributed by atoms with E-state index in [0.29, 0.717) is 6.61 Å². The fraction of sp³-hybridized carbons (Fsp3) is 0.412. The molecule has 40 heavy (non-hydrogen) atoms. The van der Waals surface area contributed by atoms with Crippen LogP contribution in [0.3, 0.4) is 0 Å². The molecule has 2 aliphatic rings. The van der Waals surface area contributed by atoms with Gasteiger partial charge in [-0.25, -0.2) is 0 Å². The summed E-state index contributed by atoms with van der Waals surface area (Å²) in [5, 5.41) is 4.19. The fourth-order valence-electron chi connectivity index (χ4n) is 5.76. The monoisotopic (exact) mass is 558 g/mol. The Labute approximate surface area is 245 Å². The Bertz CT molecular complexity index is 1200. The molecule has 0 saturated carbocycles. The lowest BCUT2D eigenvalue weighted by molar-refractivity contribution is 0.104. The van der Waals surface area contributed by atoms with Crippen molar-refractivity contribution in [3.63, 3.8) is 0 Å². The summed E-state index contributed by atoms with van der Waals surface area (Å²) < 4.78 is 6.19. The second-order valence-corrected chi connectivity index (χ2v) is 11.2. The molecule has 2 fully saturated rings.